The van der Waals surface area contributed by atoms with Gasteiger partial charge in [-0.25, -0.2) is 0 Å². The minimum Gasteiger partial charge on any atom is -0.484 e. The van der Waals surface area contributed by atoms with Crippen LogP contribution in [-0.4, -0.2) is 42.6 Å². The normalized spacial score (nSPS) is 25.6. The molecule has 1 saturated heterocycles. The van der Waals surface area contributed by atoms with Crippen LogP contribution in [0.3, 0.4) is 0 Å². The minimum absolute atomic E-state index is 0.620. The Labute approximate surface area is 125 Å². The van der Waals surface area contributed by atoms with E-state index in [1.54, 1.807) is 13.8 Å². The predicted molar refractivity (Wildman–Crippen MR) is 82.9 cm³/mol. The van der Waals surface area contributed by atoms with Gasteiger partial charge in [0.1, 0.15) is 11.4 Å². The van der Waals surface area contributed by atoms with E-state index < -0.39 is 11.2 Å². The highest BCUT2D eigenvalue weighted by Crippen LogP contribution is 2.44. The van der Waals surface area contributed by atoms with E-state index in [1.807, 2.05) is 19.1 Å². The van der Waals surface area contributed by atoms with Gasteiger partial charge in [-0.15, -0.1) is 0 Å². The predicted octanol–water partition coefficient (Wildman–Crippen LogP) is 1.57. The van der Waals surface area contributed by atoms with Crippen LogP contribution in [0.4, 0.5) is 11.4 Å². The van der Waals surface area contributed by atoms with Crippen molar-refractivity contribution < 1.29 is 14.6 Å². The van der Waals surface area contributed by atoms with Gasteiger partial charge in [-0.2, -0.15) is 0 Å². The zero-order chi connectivity index (χ0) is 15.3. The van der Waals surface area contributed by atoms with Crippen molar-refractivity contribution in [2.75, 3.05) is 36.9 Å². The van der Waals surface area contributed by atoms with Crippen molar-refractivity contribution >= 4 is 11.4 Å². The fourth-order valence-electron chi connectivity index (χ4n) is 2.93. The Bertz CT molecular complexity index is 547. The minimum atomic E-state index is -0.917. The number of nitrogen functional groups attached to an aromatic ring is 1. The van der Waals surface area contributed by atoms with Gasteiger partial charge in [-0.3, -0.25) is 0 Å². The molecule has 2 aliphatic rings. The second-order valence-electron chi connectivity index (χ2n) is 6.69. The van der Waals surface area contributed by atoms with E-state index in [4.69, 9.17) is 15.2 Å². The summed E-state index contributed by atoms with van der Waals surface area (Å²) in [6.45, 7) is 8.63. The summed E-state index contributed by atoms with van der Waals surface area (Å²) in [5.41, 5.74) is 7.51. The first-order valence-electron chi connectivity index (χ1n) is 7.47. The quantitative estimate of drug-likeness (QED) is 0.810. The van der Waals surface area contributed by atoms with Gasteiger partial charge in [0.25, 0.3) is 0 Å². The zero-order valence-corrected chi connectivity index (χ0v) is 13.0. The monoisotopic (exact) mass is 292 g/mol. The zero-order valence-electron chi connectivity index (χ0n) is 13.0. The molecule has 116 valence electrons. The van der Waals surface area contributed by atoms with E-state index in [1.165, 1.54) is 0 Å². The molecule has 3 N–H and O–H groups in total. The average molecular weight is 292 g/mol. The number of rotatable bonds is 2. The van der Waals surface area contributed by atoms with Crippen LogP contribution in [0.15, 0.2) is 12.1 Å². The van der Waals surface area contributed by atoms with Gasteiger partial charge in [-0.1, -0.05) is 0 Å². The van der Waals surface area contributed by atoms with Crippen molar-refractivity contribution in [1.29, 1.82) is 0 Å². The van der Waals surface area contributed by atoms with Crippen LogP contribution >= 0.6 is 0 Å². The molecular weight excluding hydrogens is 268 g/mol. The van der Waals surface area contributed by atoms with Crippen molar-refractivity contribution in [2.45, 2.75) is 38.4 Å². The molecule has 1 aromatic carbocycles. The molecule has 0 amide bonds. The fourth-order valence-corrected chi connectivity index (χ4v) is 2.93. The molecule has 0 saturated carbocycles. The van der Waals surface area contributed by atoms with Crippen LogP contribution in [0, 0.1) is 0 Å². The van der Waals surface area contributed by atoms with E-state index in [9.17, 15) is 5.11 Å². The van der Waals surface area contributed by atoms with Gasteiger partial charge in [0.2, 0.25) is 0 Å². The number of hydrogen-bond acceptors (Lipinski definition) is 5. The lowest BCUT2D eigenvalue weighted by Gasteiger charge is -2.36. The van der Waals surface area contributed by atoms with Gasteiger partial charge in [0.05, 0.1) is 30.2 Å². The number of fused-ring (bicyclic) bond motifs is 1. The first-order chi connectivity index (χ1) is 9.80. The first kappa shape index (κ1) is 14.5. The number of ether oxygens (including phenoxy) is 2. The molecule has 2 aliphatic heterocycles. The Morgan fingerprint density at radius 1 is 1.29 bits per heavy atom. The van der Waals surface area contributed by atoms with Crippen molar-refractivity contribution in [3.8, 4) is 5.75 Å². The molecule has 5 nitrogen and oxygen atoms in total. The van der Waals surface area contributed by atoms with Gasteiger partial charge in [0, 0.05) is 31.1 Å². The third kappa shape index (κ3) is 2.45. The summed E-state index contributed by atoms with van der Waals surface area (Å²) < 4.78 is 11.5. The molecule has 5 heteroatoms. The Hall–Kier alpha value is -1.46. The summed E-state index contributed by atoms with van der Waals surface area (Å²) in [6, 6.07) is 3.99. The second kappa shape index (κ2) is 4.78. The third-order valence-corrected chi connectivity index (χ3v) is 4.72. The topological polar surface area (TPSA) is 68.0 Å². The number of morpholine rings is 1. The van der Waals surface area contributed by atoms with Crippen molar-refractivity contribution in [3.05, 3.63) is 17.7 Å². The molecule has 1 fully saturated rings. The molecule has 1 aromatic rings. The Kier molecular flexibility index (Phi) is 3.30. The van der Waals surface area contributed by atoms with E-state index >= 15 is 0 Å². The van der Waals surface area contributed by atoms with Crippen LogP contribution in [0.5, 0.6) is 5.75 Å². The maximum Gasteiger partial charge on any atom is 0.138 e. The maximum absolute atomic E-state index is 10.4. The van der Waals surface area contributed by atoms with Gasteiger partial charge in [0.15, 0.2) is 0 Å². The van der Waals surface area contributed by atoms with Crippen LogP contribution < -0.4 is 15.4 Å². The molecule has 0 radical (unpaired) electrons. The molecule has 1 atom stereocenters. The molecule has 0 bridgehead atoms. The van der Waals surface area contributed by atoms with Crippen LogP contribution in [0.25, 0.3) is 0 Å². The summed E-state index contributed by atoms with van der Waals surface area (Å²) in [5.74, 6) is 0.829. The molecular formula is C16H24N2O3. The summed E-state index contributed by atoms with van der Waals surface area (Å²) in [5, 5.41) is 10.4. The number of aliphatic hydroxyl groups is 1. The van der Waals surface area contributed by atoms with Crippen LogP contribution in [-0.2, 0) is 11.2 Å². The van der Waals surface area contributed by atoms with Crippen molar-refractivity contribution in [2.24, 2.45) is 0 Å². The molecule has 1 unspecified atom stereocenters. The molecule has 0 aromatic heterocycles. The molecule has 21 heavy (non-hydrogen) atoms. The standard InChI is InChI=1S/C16H24N2O3/c1-15(2,19)16(3)10-11-8-12(17)13(9-14(11)21-16)18-4-6-20-7-5-18/h8-9,19H,4-7,10,17H2,1-3H3. The van der Waals surface area contributed by atoms with E-state index in [-0.39, 0.29) is 0 Å². The molecule has 3 rings (SSSR count). The number of benzene rings is 1. The lowest BCUT2D eigenvalue weighted by molar-refractivity contribution is -0.0900. The van der Waals surface area contributed by atoms with E-state index in [2.05, 4.69) is 4.90 Å². The number of nitrogens with zero attached hydrogens (tertiary/aromatic N) is 1. The number of hydrogen-bond donors (Lipinski definition) is 2. The average Bonchev–Trinajstić information content (AvgIpc) is 2.75. The Morgan fingerprint density at radius 2 is 1.95 bits per heavy atom. The fraction of sp³-hybridized carbons (Fsp3) is 0.625. The summed E-state index contributed by atoms with van der Waals surface area (Å²) in [4.78, 5) is 2.22. The van der Waals surface area contributed by atoms with Gasteiger partial charge < -0.3 is 25.2 Å². The summed E-state index contributed by atoms with van der Waals surface area (Å²) in [6.07, 6.45) is 0.666. The number of nitrogens with two attached hydrogens (primary N) is 1. The largest absolute Gasteiger partial charge is 0.484 e. The summed E-state index contributed by atoms with van der Waals surface area (Å²) in [7, 11) is 0. The van der Waals surface area contributed by atoms with Gasteiger partial charge in [-0.05, 0) is 26.8 Å². The third-order valence-electron chi connectivity index (χ3n) is 4.72. The lowest BCUT2D eigenvalue weighted by atomic mass is 9.84. The Balaban J connectivity index is 1.92. The number of anilines is 2. The van der Waals surface area contributed by atoms with Crippen LogP contribution in [0.1, 0.15) is 26.3 Å². The highest BCUT2D eigenvalue weighted by Gasteiger charge is 2.46. The summed E-state index contributed by atoms with van der Waals surface area (Å²) >= 11 is 0. The van der Waals surface area contributed by atoms with Crippen LogP contribution in [0.2, 0.25) is 0 Å². The van der Waals surface area contributed by atoms with Crippen molar-refractivity contribution in [1.82, 2.24) is 0 Å². The van der Waals surface area contributed by atoms with E-state index in [0.29, 0.717) is 6.42 Å². The highest BCUT2D eigenvalue weighted by molar-refractivity contribution is 5.72. The smallest absolute Gasteiger partial charge is 0.138 e. The maximum atomic E-state index is 10.4. The lowest BCUT2D eigenvalue weighted by Crippen LogP contribution is -2.51. The SMILES string of the molecule is CC(C)(O)C1(C)Cc2cc(N)c(N3CCOCC3)cc2O1. The first-order valence-corrected chi connectivity index (χ1v) is 7.47. The molecule has 2 heterocycles. The second-order valence-corrected chi connectivity index (χ2v) is 6.69. The Morgan fingerprint density at radius 3 is 2.57 bits per heavy atom. The molecule has 0 aliphatic carbocycles. The van der Waals surface area contributed by atoms with E-state index in [0.717, 1.165) is 49.0 Å². The van der Waals surface area contributed by atoms with Crippen molar-refractivity contribution in [3.63, 3.8) is 0 Å². The molecule has 0 spiro atoms. The van der Waals surface area contributed by atoms with Gasteiger partial charge >= 0.3 is 0 Å². The highest BCUT2D eigenvalue weighted by atomic mass is 16.5.